The fourth-order valence-electron chi connectivity index (χ4n) is 2.11. The van der Waals surface area contributed by atoms with Crippen molar-refractivity contribution in [1.82, 2.24) is 0 Å². The maximum Gasteiger partial charge on any atom is 0.0982 e. The molecule has 0 spiro atoms. The van der Waals surface area contributed by atoms with E-state index in [1.54, 1.807) is 0 Å². The maximum atomic E-state index is 11.8. The Hall–Kier alpha value is -0.830. The normalized spacial score (nSPS) is 18.9. The van der Waals surface area contributed by atoms with Gasteiger partial charge in [0.2, 0.25) is 0 Å². The highest BCUT2D eigenvalue weighted by Gasteiger charge is 2.22. The van der Waals surface area contributed by atoms with Gasteiger partial charge in [0, 0.05) is 7.05 Å². The number of rotatable bonds is 4. The summed E-state index contributed by atoms with van der Waals surface area (Å²) in [5, 5.41) is 0. The van der Waals surface area contributed by atoms with Gasteiger partial charge in [-0.2, -0.15) is 0 Å². The molecule has 0 N–H and O–H groups in total. The Morgan fingerprint density at radius 3 is 2.94 bits per heavy atom. The molecule has 2 nitrogen and oxygen atoms in total. The summed E-state index contributed by atoms with van der Waals surface area (Å²) in [6, 6.07) is 6.42. The van der Waals surface area contributed by atoms with Crippen molar-refractivity contribution in [3.8, 4) is 0 Å². The van der Waals surface area contributed by atoms with E-state index in [9.17, 15) is 4.21 Å². The van der Waals surface area contributed by atoms with Crippen LogP contribution in [0.3, 0.4) is 0 Å². The van der Waals surface area contributed by atoms with E-state index in [1.807, 2.05) is 7.05 Å². The van der Waals surface area contributed by atoms with Crippen molar-refractivity contribution < 1.29 is 4.21 Å². The van der Waals surface area contributed by atoms with E-state index in [0.717, 1.165) is 17.0 Å². The van der Waals surface area contributed by atoms with E-state index >= 15 is 0 Å². The Bertz CT molecular complexity index is 403. The summed E-state index contributed by atoms with van der Waals surface area (Å²) in [6.45, 7) is 2.21. The van der Waals surface area contributed by atoms with E-state index in [2.05, 4.69) is 30.0 Å². The number of hydrogen-bond donors (Lipinski definition) is 0. The van der Waals surface area contributed by atoms with Crippen LogP contribution in [0.5, 0.6) is 0 Å². The van der Waals surface area contributed by atoms with Gasteiger partial charge >= 0.3 is 0 Å². The lowest BCUT2D eigenvalue weighted by molar-refractivity contribution is 0.685. The standard InChI is InChI=1S/C13H19NOS/c1-3-4-5-6-11-7-8-12-13(9-11)16(15)10-14(12)2/h7-9H,3-6,10H2,1-2H3. The van der Waals surface area contributed by atoms with Crippen LogP contribution in [0.2, 0.25) is 0 Å². The Labute approximate surface area is 100 Å². The molecule has 0 aromatic heterocycles. The van der Waals surface area contributed by atoms with Gasteiger partial charge in [0.05, 0.1) is 27.3 Å². The molecule has 1 aromatic carbocycles. The minimum absolute atomic E-state index is 0.647. The van der Waals surface area contributed by atoms with Crippen LogP contribution in [0.1, 0.15) is 31.7 Å². The number of benzene rings is 1. The van der Waals surface area contributed by atoms with Crippen LogP contribution in [0.25, 0.3) is 0 Å². The Kier molecular flexibility index (Phi) is 3.64. The summed E-state index contributed by atoms with van der Waals surface area (Å²) in [5.41, 5.74) is 2.47. The zero-order valence-corrected chi connectivity index (χ0v) is 10.8. The van der Waals surface area contributed by atoms with Crippen LogP contribution >= 0.6 is 0 Å². The van der Waals surface area contributed by atoms with Gasteiger partial charge in [0.1, 0.15) is 0 Å². The maximum absolute atomic E-state index is 11.8. The van der Waals surface area contributed by atoms with Crippen molar-refractivity contribution in [3.05, 3.63) is 23.8 Å². The molecule has 1 heterocycles. The van der Waals surface area contributed by atoms with E-state index in [-0.39, 0.29) is 0 Å². The highest BCUT2D eigenvalue weighted by molar-refractivity contribution is 7.85. The molecule has 0 bridgehead atoms. The van der Waals surface area contributed by atoms with E-state index in [1.165, 1.54) is 24.8 Å². The predicted octanol–water partition coefficient (Wildman–Crippen LogP) is 2.93. The first kappa shape index (κ1) is 11.6. The van der Waals surface area contributed by atoms with Gasteiger partial charge in [0.25, 0.3) is 0 Å². The summed E-state index contributed by atoms with van der Waals surface area (Å²) < 4.78 is 11.8. The summed E-state index contributed by atoms with van der Waals surface area (Å²) in [6.07, 6.45) is 4.87. The van der Waals surface area contributed by atoms with E-state index in [4.69, 9.17) is 0 Å². The molecule has 0 radical (unpaired) electrons. The van der Waals surface area contributed by atoms with Crippen molar-refractivity contribution in [1.29, 1.82) is 0 Å². The van der Waals surface area contributed by atoms with Crippen LogP contribution in [-0.4, -0.2) is 17.1 Å². The molecule has 1 aliphatic heterocycles. The minimum atomic E-state index is -0.820. The monoisotopic (exact) mass is 237 g/mol. The lowest BCUT2D eigenvalue weighted by Crippen LogP contribution is -2.13. The molecule has 1 aromatic rings. The fourth-order valence-corrected chi connectivity index (χ4v) is 3.48. The number of nitrogens with zero attached hydrogens (tertiary/aromatic N) is 1. The van der Waals surface area contributed by atoms with E-state index < -0.39 is 10.8 Å². The van der Waals surface area contributed by atoms with Crippen LogP contribution in [0, 0.1) is 0 Å². The molecule has 1 atom stereocenters. The fraction of sp³-hybridized carbons (Fsp3) is 0.538. The van der Waals surface area contributed by atoms with Crippen molar-refractivity contribution in [2.45, 2.75) is 37.5 Å². The Morgan fingerprint density at radius 2 is 2.19 bits per heavy atom. The average Bonchev–Trinajstić information content (AvgIpc) is 2.55. The molecular formula is C13H19NOS. The average molecular weight is 237 g/mol. The second-order valence-corrected chi connectivity index (χ2v) is 5.82. The Morgan fingerprint density at radius 1 is 1.38 bits per heavy atom. The molecule has 0 aliphatic carbocycles. The Balaban J connectivity index is 2.13. The van der Waals surface area contributed by atoms with Gasteiger partial charge in [-0.3, -0.25) is 4.21 Å². The molecule has 0 amide bonds. The highest BCUT2D eigenvalue weighted by atomic mass is 32.2. The first-order valence-corrected chi connectivity index (χ1v) is 7.26. The van der Waals surface area contributed by atoms with Crippen molar-refractivity contribution in [2.24, 2.45) is 0 Å². The molecule has 16 heavy (non-hydrogen) atoms. The van der Waals surface area contributed by atoms with Gasteiger partial charge in [-0.1, -0.05) is 25.8 Å². The second kappa shape index (κ2) is 5.00. The topological polar surface area (TPSA) is 20.3 Å². The quantitative estimate of drug-likeness (QED) is 0.750. The molecule has 1 aliphatic rings. The van der Waals surface area contributed by atoms with Gasteiger partial charge in [-0.25, -0.2) is 0 Å². The summed E-state index contributed by atoms with van der Waals surface area (Å²) in [4.78, 5) is 3.10. The van der Waals surface area contributed by atoms with Crippen molar-refractivity contribution >= 4 is 16.5 Å². The molecule has 88 valence electrons. The largest absolute Gasteiger partial charge is 0.361 e. The van der Waals surface area contributed by atoms with Gasteiger partial charge < -0.3 is 4.90 Å². The lowest BCUT2D eigenvalue weighted by Gasteiger charge is -2.10. The molecule has 0 saturated carbocycles. The third-order valence-corrected chi connectivity index (χ3v) is 4.50. The summed E-state index contributed by atoms with van der Waals surface area (Å²) >= 11 is 0. The highest BCUT2D eigenvalue weighted by Crippen LogP contribution is 2.31. The molecular weight excluding hydrogens is 218 g/mol. The van der Waals surface area contributed by atoms with E-state index in [0.29, 0.717) is 5.88 Å². The molecule has 0 fully saturated rings. The molecule has 3 heteroatoms. The number of aryl methyl sites for hydroxylation is 1. The van der Waals surface area contributed by atoms with Crippen LogP contribution in [0.4, 0.5) is 5.69 Å². The minimum Gasteiger partial charge on any atom is -0.361 e. The zero-order chi connectivity index (χ0) is 11.5. The van der Waals surface area contributed by atoms with Gasteiger partial charge in [-0.15, -0.1) is 0 Å². The lowest BCUT2D eigenvalue weighted by atomic mass is 10.1. The van der Waals surface area contributed by atoms with Crippen molar-refractivity contribution in [3.63, 3.8) is 0 Å². The van der Waals surface area contributed by atoms with Gasteiger partial charge in [-0.05, 0) is 30.5 Å². The number of fused-ring (bicyclic) bond motifs is 1. The first-order valence-electron chi connectivity index (χ1n) is 5.95. The zero-order valence-electron chi connectivity index (χ0n) is 10.0. The van der Waals surface area contributed by atoms with Crippen LogP contribution in [0.15, 0.2) is 23.1 Å². The number of hydrogen-bond acceptors (Lipinski definition) is 2. The first-order chi connectivity index (χ1) is 7.72. The number of anilines is 1. The summed E-state index contributed by atoms with van der Waals surface area (Å²) in [7, 11) is 1.18. The third-order valence-electron chi connectivity index (χ3n) is 3.06. The van der Waals surface area contributed by atoms with Crippen molar-refractivity contribution in [2.75, 3.05) is 17.8 Å². The third kappa shape index (κ3) is 2.29. The SMILES string of the molecule is CCCCCc1ccc2c(c1)S(=O)CN2C. The molecule has 1 unspecified atom stereocenters. The molecule has 2 rings (SSSR count). The van der Waals surface area contributed by atoms with Gasteiger partial charge in [0.15, 0.2) is 0 Å². The predicted molar refractivity (Wildman–Crippen MR) is 69.3 cm³/mol. The molecule has 0 saturated heterocycles. The smallest absolute Gasteiger partial charge is 0.0982 e. The number of unbranched alkanes of at least 4 members (excludes halogenated alkanes) is 2. The second-order valence-electron chi connectivity index (χ2n) is 4.43. The van der Waals surface area contributed by atoms with Crippen LogP contribution in [-0.2, 0) is 17.2 Å². The van der Waals surface area contributed by atoms with Crippen LogP contribution < -0.4 is 4.90 Å². The summed E-state index contributed by atoms with van der Waals surface area (Å²) in [5.74, 6) is 0.647.